The zero-order valence-electron chi connectivity index (χ0n) is 6.11. The van der Waals surface area contributed by atoms with E-state index in [0.29, 0.717) is 5.75 Å². The Morgan fingerprint density at radius 1 is 1.91 bits per heavy atom. The van der Waals surface area contributed by atoms with Gasteiger partial charge in [-0.05, 0) is 6.42 Å². The molecule has 0 aromatic heterocycles. The molecular formula is C6H10ClNO2S. The minimum atomic E-state index is -0.809. The maximum absolute atomic E-state index is 10.3. The quantitative estimate of drug-likeness (QED) is 0.725. The zero-order chi connectivity index (χ0) is 7.56. The molecule has 0 aromatic carbocycles. The molecule has 0 fully saturated rings. The molecule has 0 spiro atoms. The highest BCUT2D eigenvalue weighted by Gasteiger charge is 2.22. The van der Waals surface area contributed by atoms with Gasteiger partial charge in [-0.3, -0.25) is 4.99 Å². The summed E-state index contributed by atoms with van der Waals surface area (Å²) in [7, 11) is 0. The standard InChI is InChI=1S/C6H9NO2S.ClH/c1-2-5-7-4(3-10-5)6(8)9;/h4H,2-3H2,1H3,(H,8,9);1H. The molecule has 64 valence electrons. The van der Waals surface area contributed by atoms with Crippen LogP contribution in [-0.4, -0.2) is 27.9 Å². The molecule has 1 unspecified atom stereocenters. The van der Waals surface area contributed by atoms with Crippen LogP contribution in [-0.2, 0) is 4.79 Å². The van der Waals surface area contributed by atoms with Crippen LogP contribution in [0, 0.1) is 0 Å². The fraction of sp³-hybridized carbons (Fsp3) is 0.667. The van der Waals surface area contributed by atoms with Gasteiger partial charge in [-0.15, -0.1) is 24.2 Å². The highest BCUT2D eigenvalue weighted by atomic mass is 35.5. The predicted octanol–water partition coefficient (Wildman–Crippen LogP) is 1.42. The summed E-state index contributed by atoms with van der Waals surface area (Å²) < 4.78 is 0. The second kappa shape index (κ2) is 4.62. The fourth-order valence-electron chi connectivity index (χ4n) is 0.743. The predicted molar refractivity (Wildman–Crippen MR) is 48.9 cm³/mol. The average Bonchev–Trinajstić information content (AvgIpc) is 2.34. The first-order valence-corrected chi connectivity index (χ1v) is 4.15. The van der Waals surface area contributed by atoms with E-state index in [1.807, 2.05) is 6.92 Å². The number of carboxylic acids is 1. The van der Waals surface area contributed by atoms with E-state index in [0.717, 1.165) is 11.5 Å². The molecule has 0 aliphatic carbocycles. The molecule has 1 heterocycles. The molecule has 1 aliphatic rings. The van der Waals surface area contributed by atoms with Crippen LogP contribution in [0.3, 0.4) is 0 Å². The molecule has 1 N–H and O–H groups in total. The minimum absolute atomic E-state index is 0. The topological polar surface area (TPSA) is 49.7 Å². The van der Waals surface area contributed by atoms with Gasteiger partial charge in [0, 0.05) is 5.75 Å². The van der Waals surface area contributed by atoms with Crippen molar-refractivity contribution < 1.29 is 9.90 Å². The van der Waals surface area contributed by atoms with Gasteiger partial charge in [0.2, 0.25) is 0 Å². The third kappa shape index (κ3) is 2.71. The number of aliphatic carboxylic acids is 1. The Kier molecular flexibility index (Phi) is 4.52. The van der Waals surface area contributed by atoms with E-state index in [1.54, 1.807) is 11.8 Å². The number of rotatable bonds is 2. The first-order chi connectivity index (χ1) is 4.74. The van der Waals surface area contributed by atoms with Gasteiger partial charge in [0.15, 0.2) is 6.04 Å². The lowest BCUT2D eigenvalue weighted by Gasteiger charge is -1.93. The highest BCUT2D eigenvalue weighted by molar-refractivity contribution is 8.14. The maximum atomic E-state index is 10.3. The summed E-state index contributed by atoms with van der Waals surface area (Å²) in [5.74, 6) is -0.200. The Bertz CT molecular complexity index is 183. The van der Waals surface area contributed by atoms with Crippen molar-refractivity contribution in [2.75, 3.05) is 5.75 Å². The summed E-state index contributed by atoms with van der Waals surface area (Å²) >= 11 is 1.55. The minimum Gasteiger partial charge on any atom is -0.480 e. The van der Waals surface area contributed by atoms with E-state index in [2.05, 4.69) is 4.99 Å². The van der Waals surface area contributed by atoms with Crippen molar-refractivity contribution in [1.29, 1.82) is 0 Å². The van der Waals surface area contributed by atoms with Gasteiger partial charge in [-0.25, -0.2) is 4.79 Å². The van der Waals surface area contributed by atoms with E-state index >= 15 is 0 Å². The average molecular weight is 196 g/mol. The molecule has 11 heavy (non-hydrogen) atoms. The van der Waals surface area contributed by atoms with Gasteiger partial charge in [0.1, 0.15) is 0 Å². The van der Waals surface area contributed by atoms with Crippen LogP contribution in [0.15, 0.2) is 4.99 Å². The van der Waals surface area contributed by atoms with Crippen molar-refractivity contribution >= 4 is 35.2 Å². The van der Waals surface area contributed by atoms with Gasteiger partial charge in [0.05, 0.1) is 5.04 Å². The molecule has 3 nitrogen and oxygen atoms in total. The molecule has 1 rings (SSSR count). The fourth-order valence-corrected chi connectivity index (χ4v) is 1.72. The van der Waals surface area contributed by atoms with Gasteiger partial charge in [0.25, 0.3) is 0 Å². The van der Waals surface area contributed by atoms with Crippen LogP contribution in [0.1, 0.15) is 13.3 Å². The Hall–Kier alpha value is -0.220. The van der Waals surface area contributed by atoms with Crippen molar-refractivity contribution in [2.45, 2.75) is 19.4 Å². The lowest BCUT2D eigenvalue weighted by molar-refractivity contribution is -0.137. The number of hydrogen-bond acceptors (Lipinski definition) is 3. The van der Waals surface area contributed by atoms with E-state index in [-0.39, 0.29) is 12.4 Å². The molecule has 0 bridgehead atoms. The monoisotopic (exact) mass is 195 g/mol. The molecule has 1 atom stereocenters. The van der Waals surface area contributed by atoms with Crippen LogP contribution in [0.25, 0.3) is 0 Å². The van der Waals surface area contributed by atoms with Crippen LogP contribution in [0.2, 0.25) is 0 Å². The van der Waals surface area contributed by atoms with E-state index in [1.165, 1.54) is 0 Å². The van der Waals surface area contributed by atoms with Gasteiger partial charge >= 0.3 is 5.97 Å². The highest BCUT2D eigenvalue weighted by Crippen LogP contribution is 2.19. The Morgan fingerprint density at radius 3 is 2.82 bits per heavy atom. The summed E-state index contributed by atoms with van der Waals surface area (Å²) in [6.07, 6.45) is 0.856. The molecule has 0 saturated carbocycles. The van der Waals surface area contributed by atoms with E-state index in [4.69, 9.17) is 5.11 Å². The summed E-state index contributed by atoms with van der Waals surface area (Å²) in [6, 6.07) is -0.486. The number of thioether (sulfide) groups is 1. The zero-order valence-corrected chi connectivity index (χ0v) is 7.74. The maximum Gasteiger partial charge on any atom is 0.329 e. The molecule has 0 saturated heterocycles. The van der Waals surface area contributed by atoms with Crippen LogP contribution in [0.5, 0.6) is 0 Å². The first-order valence-electron chi connectivity index (χ1n) is 3.16. The van der Waals surface area contributed by atoms with Gasteiger partial charge in [-0.2, -0.15) is 0 Å². The number of aliphatic imine (C=N–C) groups is 1. The summed E-state index contributed by atoms with van der Waals surface area (Å²) in [4.78, 5) is 14.3. The smallest absolute Gasteiger partial charge is 0.329 e. The second-order valence-corrected chi connectivity index (χ2v) is 3.13. The number of carboxylic acid groups (broad SMARTS) is 1. The summed E-state index contributed by atoms with van der Waals surface area (Å²) in [6.45, 7) is 1.98. The third-order valence-electron chi connectivity index (χ3n) is 1.30. The third-order valence-corrected chi connectivity index (χ3v) is 2.50. The largest absolute Gasteiger partial charge is 0.480 e. The number of halogens is 1. The number of carbonyl (C=O) groups is 1. The van der Waals surface area contributed by atoms with Crippen molar-refractivity contribution in [3.8, 4) is 0 Å². The lowest BCUT2D eigenvalue weighted by atomic mass is 10.4. The van der Waals surface area contributed by atoms with Gasteiger partial charge < -0.3 is 5.11 Å². The Morgan fingerprint density at radius 2 is 2.55 bits per heavy atom. The normalized spacial score (nSPS) is 22.3. The Labute approximate surface area is 75.7 Å². The van der Waals surface area contributed by atoms with E-state index < -0.39 is 12.0 Å². The number of nitrogens with zero attached hydrogens (tertiary/aromatic N) is 1. The molecule has 0 amide bonds. The Balaban J connectivity index is 0.000001000. The molecule has 0 radical (unpaired) electrons. The molecular weight excluding hydrogens is 186 g/mol. The summed E-state index contributed by atoms with van der Waals surface area (Å²) in [5.41, 5.74) is 0. The first kappa shape index (κ1) is 10.8. The van der Waals surface area contributed by atoms with Crippen molar-refractivity contribution in [3.05, 3.63) is 0 Å². The molecule has 1 aliphatic heterocycles. The van der Waals surface area contributed by atoms with E-state index in [9.17, 15) is 4.79 Å². The van der Waals surface area contributed by atoms with Crippen LogP contribution < -0.4 is 0 Å². The van der Waals surface area contributed by atoms with Gasteiger partial charge in [-0.1, -0.05) is 6.92 Å². The van der Waals surface area contributed by atoms with Crippen LogP contribution in [0.4, 0.5) is 0 Å². The molecule has 0 aromatic rings. The van der Waals surface area contributed by atoms with Crippen molar-refractivity contribution in [1.82, 2.24) is 0 Å². The second-order valence-electron chi connectivity index (χ2n) is 2.04. The van der Waals surface area contributed by atoms with Crippen molar-refractivity contribution in [2.24, 2.45) is 4.99 Å². The SMILES string of the molecule is CCC1=NC(C(=O)O)CS1.Cl. The number of hydrogen-bond donors (Lipinski definition) is 1. The lowest BCUT2D eigenvalue weighted by Crippen LogP contribution is -2.16. The molecule has 5 heteroatoms. The van der Waals surface area contributed by atoms with Crippen LogP contribution >= 0.6 is 24.2 Å². The van der Waals surface area contributed by atoms with Crippen molar-refractivity contribution in [3.63, 3.8) is 0 Å². The summed E-state index contributed by atoms with van der Waals surface area (Å²) in [5, 5.41) is 9.47.